The first kappa shape index (κ1) is 38.6. The van der Waals surface area contributed by atoms with Crippen molar-refractivity contribution < 1.29 is 53.7 Å². The van der Waals surface area contributed by atoms with E-state index >= 15 is 0 Å². The lowest BCUT2D eigenvalue weighted by atomic mass is 9.84. The number of aromatic hydroxyl groups is 2. The number of carboxylic acid groups (broad SMARTS) is 2. The van der Waals surface area contributed by atoms with Crippen LogP contribution in [0.2, 0.25) is 0 Å². The number of phenols is 2. The molecule has 3 atom stereocenters. The van der Waals surface area contributed by atoms with Crippen LogP contribution in [0.15, 0.2) is 44.9 Å². The van der Waals surface area contributed by atoms with Gasteiger partial charge in [0.25, 0.3) is 17.7 Å². The largest absolute Gasteiger partial charge is 0.546 e. The number of carboxylic acids is 2. The number of thioether (sulfide) groups is 1. The van der Waals surface area contributed by atoms with Crippen LogP contribution in [-0.4, -0.2) is 120 Å². The molecule has 0 unspecified atom stereocenters. The zero-order valence-corrected chi connectivity index (χ0v) is 31.9. The van der Waals surface area contributed by atoms with Crippen LogP contribution >= 0.6 is 23.1 Å². The number of H-pyrrole nitrogens is 1. The highest BCUT2D eigenvalue weighted by Gasteiger charge is 2.59. The van der Waals surface area contributed by atoms with E-state index in [1.807, 2.05) is 6.92 Å². The van der Waals surface area contributed by atoms with E-state index in [-0.39, 0.29) is 44.9 Å². The molecule has 0 spiro atoms. The van der Waals surface area contributed by atoms with Crippen LogP contribution in [0.5, 0.6) is 11.5 Å². The van der Waals surface area contributed by atoms with E-state index in [1.54, 1.807) is 0 Å². The van der Waals surface area contributed by atoms with Gasteiger partial charge in [-0.15, -0.1) is 23.1 Å². The molecular formula is C35H37N8O11S2-. The quantitative estimate of drug-likeness (QED) is 0.0382. The Bertz CT molecular complexity index is 2330. The van der Waals surface area contributed by atoms with Crippen molar-refractivity contribution in [2.24, 2.45) is 10.6 Å². The normalized spacial score (nSPS) is 25.8. The first-order valence-electron chi connectivity index (χ1n) is 17.5. The molecule has 7 N–H and O–H groups in total. The number of pyridine rings is 1. The number of nitrogens with two attached hydrogens (primary N) is 1. The maximum atomic E-state index is 13.6. The van der Waals surface area contributed by atoms with Crippen molar-refractivity contribution in [2.75, 3.05) is 38.5 Å². The summed E-state index contributed by atoms with van der Waals surface area (Å²) in [5.41, 5.74) is 2.77. The second-order valence-electron chi connectivity index (χ2n) is 15.1. The number of carbonyl (C=O) groups excluding carboxylic acids is 5. The molecule has 7 rings (SSSR count). The smallest absolute Gasteiger partial charge is 0.276 e. The third kappa shape index (κ3) is 6.68. The standard InChI is InChI=1S/C35H38N8O11S2/c1-15-18(11-43-6-4-35(14-43,5-7-43)13-38-27(47)17-10-37-19-9-22(45)21(44)8-16(19)26(17)46)25(31(50)51)42-29(49)24(30(42)56-15)40-28(48)23(20-12-55-33(36)39-20)41-54-34(2,3)32(52)53/h8-10,12,15,24,30H,4-7,11,13-14H2,1-3H3,(H8-,36,37,38,39,40,41,44,45,46,47,48,50,51,52,53)/p-1/t15-,24+,30+,35?,43?/m0/s1. The molecular weight excluding hydrogens is 773 g/mol. The zero-order valence-electron chi connectivity index (χ0n) is 30.2. The third-order valence-corrected chi connectivity index (χ3v) is 13.1. The summed E-state index contributed by atoms with van der Waals surface area (Å²) in [6.45, 7) is 6.73. The molecule has 2 bridgehead atoms. The number of amides is 3. The summed E-state index contributed by atoms with van der Waals surface area (Å²) >= 11 is 2.29. The van der Waals surface area contributed by atoms with E-state index in [4.69, 9.17) is 10.6 Å². The van der Waals surface area contributed by atoms with Crippen molar-refractivity contribution in [2.45, 2.75) is 55.9 Å². The van der Waals surface area contributed by atoms with Gasteiger partial charge in [-0.05, 0) is 26.8 Å². The van der Waals surface area contributed by atoms with E-state index in [0.717, 1.165) is 35.1 Å². The van der Waals surface area contributed by atoms with Gasteiger partial charge in [0.05, 0.1) is 48.2 Å². The molecule has 1 aromatic carbocycles. The third-order valence-electron chi connectivity index (χ3n) is 11.0. The first-order chi connectivity index (χ1) is 26.3. The van der Waals surface area contributed by atoms with Crippen LogP contribution in [0, 0.1) is 5.41 Å². The number of fused-ring (bicyclic) bond motifs is 4. The summed E-state index contributed by atoms with van der Waals surface area (Å²) in [5.74, 6) is -6.25. The van der Waals surface area contributed by atoms with Crippen LogP contribution in [0.4, 0.5) is 5.13 Å². The summed E-state index contributed by atoms with van der Waals surface area (Å²) in [6.07, 6.45) is 2.71. The maximum absolute atomic E-state index is 13.6. The molecule has 0 radical (unpaired) electrons. The number of aliphatic carboxylic acids is 2. The SMILES string of the molecule is C[C@@H]1S[C@@H]2[C@H](NC(=O)/C(=N\OC(C)(C)C(=O)[O-])c3csc(N)n3)C(=O)N2C(C(=O)[O-])=C1C[N+]12CCC(CNC(=O)c3c[nH]c4cc(O)c(O)cc4c3=O)(CC1)C2. The molecule has 4 aliphatic rings. The number of oxime groups is 1. The van der Waals surface area contributed by atoms with Crippen molar-refractivity contribution in [1.29, 1.82) is 0 Å². The van der Waals surface area contributed by atoms with Gasteiger partial charge in [-0.1, -0.05) is 5.16 Å². The Morgan fingerprint density at radius 1 is 1.18 bits per heavy atom. The number of quaternary nitrogens is 1. The van der Waals surface area contributed by atoms with E-state index in [2.05, 4.69) is 25.8 Å². The van der Waals surface area contributed by atoms with Crippen molar-refractivity contribution in [3.63, 3.8) is 0 Å². The van der Waals surface area contributed by atoms with Gasteiger partial charge in [0.2, 0.25) is 5.43 Å². The number of nitrogen functional groups attached to an aromatic ring is 1. The average molecular weight is 810 g/mol. The Morgan fingerprint density at radius 3 is 2.52 bits per heavy atom. The van der Waals surface area contributed by atoms with E-state index in [0.29, 0.717) is 36.2 Å². The summed E-state index contributed by atoms with van der Waals surface area (Å²) in [5, 5.41) is 53.3. The lowest BCUT2D eigenvalue weighted by Gasteiger charge is -2.52. The highest BCUT2D eigenvalue weighted by molar-refractivity contribution is 8.00. The number of hydrogen-bond donors (Lipinski definition) is 6. The van der Waals surface area contributed by atoms with Crippen molar-refractivity contribution in [1.82, 2.24) is 25.5 Å². The monoisotopic (exact) mass is 809 g/mol. The van der Waals surface area contributed by atoms with E-state index in [1.165, 1.54) is 43.3 Å². The fraction of sp³-hybridized carbons (Fsp3) is 0.429. The van der Waals surface area contributed by atoms with Crippen LogP contribution in [0.25, 0.3) is 10.9 Å². The van der Waals surface area contributed by atoms with Crippen LogP contribution in [0.1, 0.15) is 49.7 Å². The second kappa shape index (κ2) is 13.8. The van der Waals surface area contributed by atoms with Crippen molar-refractivity contribution in [3.05, 3.63) is 56.5 Å². The second-order valence-corrected chi connectivity index (χ2v) is 17.4. The Hall–Kier alpha value is -5.67. The number of aromatic nitrogens is 2. The molecule has 3 aromatic rings. The van der Waals surface area contributed by atoms with Crippen LogP contribution < -0.4 is 32.0 Å². The number of benzene rings is 1. The number of β-lactam (4-membered cyclic amide) rings is 1. The minimum atomic E-state index is -1.92. The highest BCUT2D eigenvalue weighted by atomic mass is 32.2. The van der Waals surface area contributed by atoms with Gasteiger partial charge in [0, 0.05) is 53.3 Å². The van der Waals surface area contributed by atoms with Gasteiger partial charge in [-0.3, -0.25) is 24.1 Å². The summed E-state index contributed by atoms with van der Waals surface area (Å²) in [7, 11) is 0. The highest BCUT2D eigenvalue weighted by Crippen LogP contribution is 2.49. The van der Waals surface area contributed by atoms with Crippen molar-refractivity contribution in [3.8, 4) is 11.5 Å². The predicted octanol–water partition coefficient (Wildman–Crippen LogP) is -1.94. The number of hydrogen-bond acceptors (Lipinski definition) is 16. The Morgan fingerprint density at radius 2 is 1.88 bits per heavy atom. The molecule has 3 fully saturated rings. The van der Waals surface area contributed by atoms with Crippen LogP contribution in [-0.2, 0) is 24.0 Å². The molecule has 296 valence electrons. The summed E-state index contributed by atoms with van der Waals surface area (Å²) < 4.78 is 0.526. The number of phenolic OH excluding ortho intramolecular Hbond substituents is 2. The number of piperidine rings is 1. The lowest BCUT2D eigenvalue weighted by Crippen LogP contribution is -2.72. The number of nitrogens with one attached hydrogen (secondary N) is 3. The molecule has 6 heterocycles. The van der Waals surface area contributed by atoms with Gasteiger partial charge in [-0.25, -0.2) is 4.98 Å². The molecule has 19 nitrogen and oxygen atoms in total. The van der Waals surface area contributed by atoms with Gasteiger partial charge in [-0.2, -0.15) is 0 Å². The molecule has 3 saturated heterocycles. The fourth-order valence-corrected chi connectivity index (χ4v) is 9.84. The number of carbonyl (C=O) groups is 5. The molecule has 2 aromatic heterocycles. The number of anilines is 1. The molecule has 4 aliphatic heterocycles. The van der Waals surface area contributed by atoms with Gasteiger partial charge in [0.15, 0.2) is 27.9 Å². The number of nitrogens with zero attached hydrogens (tertiary/aromatic N) is 4. The Balaban J connectivity index is 1.05. The number of rotatable bonds is 12. The first-order valence-corrected chi connectivity index (χ1v) is 19.3. The van der Waals surface area contributed by atoms with E-state index in [9.17, 15) is 49.2 Å². The fourth-order valence-electron chi connectivity index (χ4n) is 7.85. The maximum Gasteiger partial charge on any atom is 0.276 e. The summed E-state index contributed by atoms with van der Waals surface area (Å²) in [4.78, 5) is 90.6. The topological polar surface area (TPSA) is 293 Å². The summed E-state index contributed by atoms with van der Waals surface area (Å²) in [6, 6.07) is 1.12. The van der Waals surface area contributed by atoms with Crippen LogP contribution in [0.3, 0.4) is 0 Å². The Labute approximate surface area is 325 Å². The number of thiazole rings is 1. The molecule has 3 amide bonds. The molecule has 0 saturated carbocycles. The Kier molecular flexibility index (Phi) is 9.52. The molecule has 21 heteroatoms. The van der Waals surface area contributed by atoms with Gasteiger partial charge in [0.1, 0.15) is 29.2 Å². The minimum absolute atomic E-state index is 0.0313. The average Bonchev–Trinajstić information content (AvgIpc) is 3.84. The minimum Gasteiger partial charge on any atom is -0.546 e. The predicted molar refractivity (Wildman–Crippen MR) is 197 cm³/mol. The van der Waals surface area contributed by atoms with E-state index < -0.39 is 74.6 Å². The van der Waals surface area contributed by atoms with Gasteiger partial charge >= 0.3 is 0 Å². The zero-order chi connectivity index (χ0) is 40.5. The molecule has 0 aliphatic carbocycles. The lowest BCUT2D eigenvalue weighted by molar-refractivity contribution is -0.905. The molecule has 56 heavy (non-hydrogen) atoms. The van der Waals surface area contributed by atoms with Gasteiger partial charge < -0.3 is 60.7 Å². The van der Waals surface area contributed by atoms with Crippen molar-refractivity contribution >= 4 is 74.5 Å². The number of aromatic amines is 1.